The van der Waals surface area contributed by atoms with Gasteiger partial charge < -0.3 is 19.1 Å². The molecule has 0 N–H and O–H groups in total. The first kappa shape index (κ1) is 23.2. The predicted molar refractivity (Wildman–Crippen MR) is 120 cm³/mol. The summed E-state index contributed by atoms with van der Waals surface area (Å²) in [5.74, 6) is -0.498. The quantitative estimate of drug-likeness (QED) is 0.259. The summed E-state index contributed by atoms with van der Waals surface area (Å²) in [4.78, 5) is 40.0. The molecule has 0 heterocycles. The van der Waals surface area contributed by atoms with Gasteiger partial charge in [-0.1, -0.05) is 44.7 Å². The number of carbonyl (C=O) groups is 3. The minimum atomic E-state index is -0.560. The van der Waals surface area contributed by atoms with Gasteiger partial charge in [0.15, 0.2) is 5.78 Å². The first-order valence-corrected chi connectivity index (χ1v) is 10.6. The summed E-state index contributed by atoms with van der Waals surface area (Å²) in [5.41, 5.74) is 1.04. The van der Waals surface area contributed by atoms with Crippen molar-refractivity contribution < 1.29 is 28.6 Å². The number of ether oxygens (including phenoxy) is 3. The standard InChI is InChI=1S/C25H27NO6/c1-4-21(27)32-16-15-31-20-12-8-10-18-23(20)25(29)22-17(24(18)28)9-7-11-19(22)30-14-13-26(5-2)6-3/h4,7-12H,1,5-6,13-16H2,2-3H3. The maximum Gasteiger partial charge on any atom is 0.330 e. The van der Waals surface area contributed by atoms with Crippen LogP contribution in [0.25, 0.3) is 0 Å². The fourth-order valence-corrected chi connectivity index (χ4v) is 3.60. The topological polar surface area (TPSA) is 82.1 Å². The third-order valence-corrected chi connectivity index (χ3v) is 5.31. The van der Waals surface area contributed by atoms with Gasteiger partial charge in [0.1, 0.15) is 31.3 Å². The molecule has 0 radical (unpaired) electrons. The number of likely N-dealkylation sites (N-methyl/N-ethyl adjacent to an activating group) is 1. The molecule has 0 bridgehead atoms. The molecule has 1 aliphatic carbocycles. The number of benzene rings is 2. The van der Waals surface area contributed by atoms with Crippen LogP contribution >= 0.6 is 0 Å². The van der Waals surface area contributed by atoms with Crippen LogP contribution in [-0.2, 0) is 9.53 Å². The zero-order chi connectivity index (χ0) is 23.1. The maximum atomic E-state index is 13.5. The number of ketones is 2. The zero-order valence-corrected chi connectivity index (χ0v) is 18.4. The Morgan fingerprint density at radius 2 is 1.44 bits per heavy atom. The third kappa shape index (κ3) is 4.89. The molecule has 0 aromatic heterocycles. The van der Waals surface area contributed by atoms with Crippen molar-refractivity contribution in [2.24, 2.45) is 0 Å². The van der Waals surface area contributed by atoms with E-state index in [0.717, 1.165) is 19.2 Å². The van der Waals surface area contributed by atoms with Gasteiger partial charge in [0, 0.05) is 23.7 Å². The second-order valence-electron chi connectivity index (χ2n) is 7.11. The van der Waals surface area contributed by atoms with Crippen molar-refractivity contribution >= 4 is 17.5 Å². The van der Waals surface area contributed by atoms with E-state index in [-0.39, 0.29) is 47.2 Å². The summed E-state index contributed by atoms with van der Waals surface area (Å²) in [6, 6.07) is 9.94. The molecule has 168 valence electrons. The largest absolute Gasteiger partial charge is 0.491 e. The first-order valence-electron chi connectivity index (χ1n) is 10.6. The van der Waals surface area contributed by atoms with E-state index in [4.69, 9.17) is 14.2 Å². The Morgan fingerprint density at radius 3 is 1.97 bits per heavy atom. The molecule has 32 heavy (non-hydrogen) atoms. The molecule has 7 heteroatoms. The highest BCUT2D eigenvalue weighted by molar-refractivity contribution is 6.30. The molecule has 2 aromatic carbocycles. The fourth-order valence-electron chi connectivity index (χ4n) is 3.60. The van der Waals surface area contributed by atoms with Gasteiger partial charge in [-0.2, -0.15) is 0 Å². The number of carbonyl (C=O) groups excluding carboxylic acids is 3. The lowest BCUT2D eigenvalue weighted by molar-refractivity contribution is -0.138. The molecule has 0 unspecified atom stereocenters. The molecule has 0 saturated carbocycles. The third-order valence-electron chi connectivity index (χ3n) is 5.31. The van der Waals surface area contributed by atoms with Crippen LogP contribution in [0.15, 0.2) is 49.1 Å². The smallest absolute Gasteiger partial charge is 0.330 e. The molecule has 3 rings (SSSR count). The van der Waals surface area contributed by atoms with Crippen molar-refractivity contribution in [2.75, 3.05) is 39.5 Å². The van der Waals surface area contributed by atoms with E-state index >= 15 is 0 Å². The SMILES string of the molecule is C=CC(=O)OCCOc1cccc2c1C(=O)c1c(OCCN(CC)CC)cccc1C2=O. The Hall–Kier alpha value is -3.45. The number of esters is 1. The van der Waals surface area contributed by atoms with Gasteiger partial charge in [-0.15, -0.1) is 0 Å². The molecule has 0 saturated heterocycles. The van der Waals surface area contributed by atoms with Crippen LogP contribution in [-0.4, -0.2) is 61.9 Å². The van der Waals surface area contributed by atoms with Crippen LogP contribution in [0.5, 0.6) is 11.5 Å². The van der Waals surface area contributed by atoms with E-state index in [1.54, 1.807) is 36.4 Å². The Bertz CT molecular complexity index is 1030. The summed E-state index contributed by atoms with van der Waals surface area (Å²) in [5, 5.41) is 0. The average molecular weight is 437 g/mol. The number of hydrogen-bond donors (Lipinski definition) is 0. The summed E-state index contributed by atoms with van der Waals surface area (Å²) in [6.45, 7) is 10.4. The van der Waals surface area contributed by atoms with E-state index in [1.165, 1.54) is 0 Å². The Kier molecular flexibility index (Phi) is 7.78. The van der Waals surface area contributed by atoms with Crippen molar-refractivity contribution in [1.82, 2.24) is 4.90 Å². The van der Waals surface area contributed by atoms with Crippen LogP contribution < -0.4 is 9.47 Å². The lowest BCUT2D eigenvalue weighted by Crippen LogP contribution is -2.28. The van der Waals surface area contributed by atoms with Gasteiger partial charge in [0.05, 0.1) is 11.1 Å². The Morgan fingerprint density at radius 1 is 0.875 bits per heavy atom. The molecule has 0 atom stereocenters. The molecule has 2 aromatic rings. The summed E-state index contributed by atoms with van der Waals surface area (Å²) in [6.07, 6.45) is 1.06. The van der Waals surface area contributed by atoms with Gasteiger partial charge in [-0.25, -0.2) is 4.79 Å². The Balaban J connectivity index is 1.84. The number of rotatable bonds is 11. The minimum Gasteiger partial charge on any atom is -0.491 e. The molecule has 0 fully saturated rings. The van der Waals surface area contributed by atoms with E-state index < -0.39 is 5.97 Å². The highest BCUT2D eigenvalue weighted by atomic mass is 16.6. The van der Waals surface area contributed by atoms with Crippen LogP contribution in [0.3, 0.4) is 0 Å². The van der Waals surface area contributed by atoms with Crippen molar-refractivity contribution in [3.05, 3.63) is 71.3 Å². The molecule has 0 spiro atoms. The first-order chi connectivity index (χ1) is 15.5. The van der Waals surface area contributed by atoms with Crippen molar-refractivity contribution in [1.29, 1.82) is 0 Å². The van der Waals surface area contributed by atoms with Crippen LogP contribution in [0.1, 0.15) is 45.7 Å². The second kappa shape index (κ2) is 10.7. The molecular formula is C25H27NO6. The van der Waals surface area contributed by atoms with Crippen LogP contribution in [0.2, 0.25) is 0 Å². The van der Waals surface area contributed by atoms with Gasteiger partial charge in [0.25, 0.3) is 0 Å². The zero-order valence-electron chi connectivity index (χ0n) is 18.4. The molecule has 7 nitrogen and oxygen atoms in total. The molecule has 0 amide bonds. The summed E-state index contributed by atoms with van der Waals surface area (Å²) < 4.78 is 16.5. The van der Waals surface area contributed by atoms with Gasteiger partial charge in [0.2, 0.25) is 5.78 Å². The van der Waals surface area contributed by atoms with Gasteiger partial charge in [-0.3, -0.25) is 9.59 Å². The Labute approximate surface area is 187 Å². The normalized spacial score (nSPS) is 12.2. The highest BCUT2D eigenvalue weighted by Gasteiger charge is 2.34. The van der Waals surface area contributed by atoms with E-state index in [2.05, 4.69) is 25.3 Å². The van der Waals surface area contributed by atoms with Gasteiger partial charge >= 0.3 is 5.97 Å². The summed E-state index contributed by atoms with van der Waals surface area (Å²) >= 11 is 0. The van der Waals surface area contributed by atoms with E-state index in [1.807, 2.05) is 0 Å². The van der Waals surface area contributed by atoms with E-state index in [0.29, 0.717) is 24.5 Å². The molecular weight excluding hydrogens is 410 g/mol. The average Bonchev–Trinajstić information content (AvgIpc) is 2.82. The van der Waals surface area contributed by atoms with Crippen LogP contribution in [0, 0.1) is 0 Å². The fraction of sp³-hybridized carbons (Fsp3) is 0.320. The number of fused-ring (bicyclic) bond motifs is 2. The lowest BCUT2D eigenvalue weighted by Gasteiger charge is -2.23. The maximum absolute atomic E-state index is 13.5. The predicted octanol–water partition coefficient (Wildman–Crippen LogP) is 3.29. The molecule has 1 aliphatic rings. The lowest BCUT2D eigenvalue weighted by atomic mass is 9.83. The van der Waals surface area contributed by atoms with Gasteiger partial charge in [-0.05, 0) is 25.2 Å². The van der Waals surface area contributed by atoms with Crippen LogP contribution in [0.4, 0.5) is 0 Å². The highest BCUT2D eigenvalue weighted by Crippen LogP contribution is 2.37. The summed E-state index contributed by atoms with van der Waals surface area (Å²) in [7, 11) is 0. The second-order valence-corrected chi connectivity index (χ2v) is 7.11. The van der Waals surface area contributed by atoms with Crippen molar-refractivity contribution in [3.8, 4) is 11.5 Å². The van der Waals surface area contributed by atoms with Crippen molar-refractivity contribution in [2.45, 2.75) is 13.8 Å². The van der Waals surface area contributed by atoms with Crippen molar-refractivity contribution in [3.63, 3.8) is 0 Å². The number of hydrogen-bond acceptors (Lipinski definition) is 7. The number of nitrogens with zero attached hydrogens (tertiary/aromatic N) is 1. The minimum absolute atomic E-state index is 0.00698. The monoisotopic (exact) mass is 437 g/mol. The molecule has 0 aliphatic heterocycles. The van der Waals surface area contributed by atoms with E-state index in [9.17, 15) is 14.4 Å².